The number of carbonyl (C=O) groups is 1. The average molecular weight is 476 g/mol. The van der Waals surface area contributed by atoms with E-state index in [1.165, 1.54) is 15.8 Å². The van der Waals surface area contributed by atoms with E-state index in [1.807, 2.05) is 27.7 Å². The highest BCUT2D eigenvalue weighted by Gasteiger charge is 2.19. The molecule has 1 heterocycles. The molecule has 1 amide bonds. The van der Waals surface area contributed by atoms with Gasteiger partial charge in [-0.2, -0.15) is 0 Å². The number of allylic oxidation sites excluding steroid dienone is 3. The molecule has 0 aromatic carbocycles. The Morgan fingerprint density at radius 2 is 2.03 bits per heavy atom. The van der Waals surface area contributed by atoms with Gasteiger partial charge in [-0.15, -0.1) is 22.9 Å². The fourth-order valence-corrected chi connectivity index (χ4v) is 2.99. The lowest BCUT2D eigenvalue weighted by Gasteiger charge is -2.19. The molecule has 0 aliphatic carbocycles. The van der Waals surface area contributed by atoms with E-state index in [9.17, 15) is 4.79 Å². The van der Waals surface area contributed by atoms with E-state index in [0.717, 1.165) is 6.21 Å². The highest BCUT2D eigenvalue weighted by Crippen LogP contribution is 2.15. The maximum Gasteiger partial charge on any atom is 0.261 e. The summed E-state index contributed by atoms with van der Waals surface area (Å²) in [5.41, 5.74) is 0. The Kier molecular flexibility index (Phi) is 19.8. The number of hydrogen-bond acceptors (Lipinski definition) is 4. The first kappa shape index (κ1) is 30.6. The minimum absolute atomic E-state index is 0.127. The van der Waals surface area contributed by atoms with E-state index in [4.69, 9.17) is 33.3 Å². The van der Waals surface area contributed by atoms with Crippen LogP contribution in [0.3, 0.4) is 0 Å². The van der Waals surface area contributed by atoms with Gasteiger partial charge in [0.15, 0.2) is 6.10 Å². The molecule has 0 radical (unpaired) electrons. The van der Waals surface area contributed by atoms with Crippen molar-refractivity contribution in [2.24, 2.45) is 5.92 Å². The largest absolute Gasteiger partial charge is 0.484 e. The van der Waals surface area contributed by atoms with Gasteiger partial charge in [0.05, 0.1) is 10.9 Å². The van der Waals surface area contributed by atoms with Crippen molar-refractivity contribution in [1.82, 2.24) is 5.32 Å². The van der Waals surface area contributed by atoms with Gasteiger partial charge in [-0.05, 0) is 48.9 Å². The molecule has 0 aliphatic rings. The number of alkyl halides is 1. The minimum Gasteiger partial charge on any atom is -0.484 e. The number of carbonyl (C=O) groups excluding carboxylic acids is 1. The zero-order valence-corrected chi connectivity index (χ0v) is 21.3. The third kappa shape index (κ3) is 12.9. The predicted octanol–water partition coefficient (Wildman–Crippen LogP) is 5.43. The lowest BCUT2D eigenvalue weighted by molar-refractivity contribution is -0.130. The zero-order valence-electron chi connectivity index (χ0n) is 18.9. The fraction of sp³-hybridized carbons (Fsp3) is 0.478. The zero-order chi connectivity index (χ0) is 23.5. The summed E-state index contributed by atoms with van der Waals surface area (Å²) >= 11 is 12.6. The monoisotopic (exact) mass is 474 g/mol. The van der Waals surface area contributed by atoms with Crippen LogP contribution in [0, 0.1) is 11.3 Å². The molecule has 0 bridgehead atoms. The maximum absolute atomic E-state index is 12.3. The second-order valence-electron chi connectivity index (χ2n) is 5.90. The van der Waals surface area contributed by atoms with Crippen LogP contribution >= 0.6 is 34.5 Å². The minimum atomic E-state index is -0.549. The molecule has 2 N–H and O–H groups in total. The van der Waals surface area contributed by atoms with Gasteiger partial charge in [-0.1, -0.05) is 58.0 Å². The molecule has 0 saturated carbocycles. The summed E-state index contributed by atoms with van der Waals surface area (Å²) in [5, 5.41) is 12.9. The quantitative estimate of drug-likeness (QED) is 0.216. The van der Waals surface area contributed by atoms with Gasteiger partial charge in [0.2, 0.25) is 0 Å². The van der Waals surface area contributed by atoms with Crippen LogP contribution in [0.2, 0.25) is 0 Å². The third-order valence-electron chi connectivity index (χ3n) is 3.63. The topological polar surface area (TPSA) is 62.2 Å². The normalized spacial score (nSPS) is 14.1. The van der Waals surface area contributed by atoms with Crippen molar-refractivity contribution in [3.63, 3.8) is 0 Å². The number of ether oxygens (including phenoxy) is 1. The van der Waals surface area contributed by atoms with Gasteiger partial charge in [-0.3, -0.25) is 4.79 Å². The van der Waals surface area contributed by atoms with Crippen LogP contribution in [-0.2, 0) is 9.53 Å². The molecule has 0 fully saturated rings. The molecule has 0 saturated heterocycles. The Labute approximate surface area is 195 Å². The first-order chi connectivity index (χ1) is 14.3. The van der Waals surface area contributed by atoms with E-state index in [1.54, 1.807) is 18.3 Å². The summed E-state index contributed by atoms with van der Waals surface area (Å²) in [5.74, 6) is 0.945. The Morgan fingerprint density at radius 3 is 2.50 bits per heavy atom. The molecule has 0 aliphatic heterocycles. The first-order valence-electron chi connectivity index (χ1n) is 10.0. The molecule has 7 heteroatoms. The Morgan fingerprint density at radius 1 is 1.43 bits per heavy atom. The molecular formula is C23H36Cl2N2O2S. The lowest BCUT2D eigenvalue weighted by Crippen LogP contribution is -2.38. The number of rotatable bonds is 9. The lowest BCUT2D eigenvalue weighted by atomic mass is 10.1. The average Bonchev–Trinajstić information content (AvgIpc) is 3.23. The number of nitrogens with one attached hydrogen (secondary N) is 2. The van der Waals surface area contributed by atoms with Gasteiger partial charge in [-0.25, -0.2) is 0 Å². The number of thiophene rings is 1. The Balaban J connectivity index is 0. The first-order valence-corrected chi connectivity index (χ1v) is 11.8. The second kappa shape index (κ2) is 19.4. The van der Waals surface area contributed by atoms with Gasteiger partial charge in [0.25, 0.3) is 5.91 Å². The van der Waals surface area contributed by atoms with E-state index in [2.05, 4.69) is 42.4 Å². The number of amides is 1. The highest BCUT2D eigenvalue weighted by atomic mass is 35.5. The van der Waals surface area contributed by atoms with Crippen molar-refractivity contribution in [2.45, 2.75) is 54.1 Å². The van der Waals surface area contributed by atoms with Crippen molar-refractivity contribution >= 4 is 58.8 Å². The summed E-state index contributed by atoms with van der Waals surface area (Å²) in [4.78, 5) is 12.3. The highest BCUT2D eigenvalue weighted by molar-refractivity contribution is 7.07. The molecular weight excluding hydrogens is 439 g/mol. The van der Waals surface area contributed by atoms with Crippen LogP contribution < -0.4 is 15.1 Å². The fourth-order valence-electron chi connectivity index (χ4n) is 2.18. The van der Waals surface area contributed by atoms with Crippen molar-refractivity contribution in [3.05, 3.63) is 44.6 Å². The summed E-state index contributed by atoms with van der Waals surface area (Å²) in [7, 11) is 0. The van der Waals surface area contributed by atoms with Crippen LogP contribution in [0.1, 0.15) is 48.0 Å². The molecule has 1 aromatic heterocycles. The van der Waals surface area contributed by atoms with Gasteiger partial charge < -0.3 is 15.5 Å². The number of halogens is 2. The van der Waals surface area contributed by atoms with Crippen molar-refractivity contribution in [3.8, 4) is 0 Å². The van der Waals surface area contributed by atoms with Crippen LogP contribution in [0.15, 0.2) is 34.9 Å². The van der Waals surface area contributed by atoms with Gasteiger partial charge in [0, 0.05) is 17.3 Å². The van der Waals surface area contributed by atoms with E-state index in [0.29, 0.717) is 29.6 Å². The van der Waals surface area contributed by atoms with Crippen molar-refractivity contribution in [2.75, 3.05) is 12.4 Å². The standard InChI is InChI=1S/C19H26ClNO2S.C2H4ClN.C2H6/c1-6-16(20)14(5)23-17(7-2)19(22)21-12-13(4)11-15-9-10-24-18(15)8-3;3-1-2-4;1-2/h6,8-11,13,17H,1,7,12H2,2-5H3,(H,21,22);2,4H,1H2;1-2H3/b15-11-,16-14-,18-8+;;. The molecule has 170 valence electrons. The Hall–Kier alpha value is -1.56. The van der Waals surface area contributed by atoms with Crippen molar-refractivity contribution < 1.29 is 9.53 Å². The van der Waals surface area contributed by atoms with Gasteiger partial charge in [0.1, 0.15) is 5.76 Å². The van der Waals surface area contributed by atoms with Crippen molar-refractivity contribution in [1.29, 1.82) is 5.41 Å². The molecule has 30 heavy (non-hydrogen) atoms. The smallest absolute Gasteiger partial charge is 0.261 e. The summed E-state index contributed by atoms with van der Waals surface area (Å²) in [6, 6.07) is 2.10. The molecule has 2 unspecified atom stereocenters. The van der Waals surface area contributed by atoms with Crippen LogP contribution in [-0.4, -0.2) is 30.7 Å². The maximum atomic E-state index is 12.3. The number of hydrogen-bond donors (Lipinski definition) is 2. The molecule has 0 spiro atoms. The molecule has 2 atom stereocenters. The van der Waals surface area contributed by atoms with E-state index in [-0.39, 0.29) is 11.8 Å². The summed E-state index contributed by atoms with van der Waals surface area (Å²) in [6.45, 7) is 15.9. The van der Waals surface area contributed by atoms with E-state index < -0.39 is 6.10 Å². The Bertz CT molecular complexity index is 772. The van der Waals surface area contributed by atoms with Crippen LogP contribution in [0.5, 0.6) is 0 Å². The van der Waals surface area contributed by atoms with Crippen LogP contribution in [0.25, 0.3) is 12.2 Å². The SMILES string of the molecule is C=C/C(Cl)=C(\C)OC(CC)C(=O)NCC(C)/C=c1/ccs/c1=C/C.CC.N=CCCl. The second-order valence-corrected chi connectivity index (χ2v) is 7.56. The molecule has 1 rings (SSSR count). The van der Waals surface area contributed by atoms with E-state index >= 15 is 0 Å². The summed E-state index contributed by atoms with van der Waals surface area (Å²) in [6.07, 6.45) is 6.94. The van der Waals surface area contributed by atoms with Gasteiger partial charge >= 0.3 is 0 Å². The summed E-state index contributed by atoms with van der Waals surface area (Å²) < 4.78 is 6.89. The van der Waals surface area contributed by atoms with Crippen LogP contribution in [0.4, 0.5) is 0 Å². The third-order valence-corrected chi connectivity index (χ3v) is 5.20. The predicted molar refractivity (Wildman–Crippen MR) is 135 cm³/mol. The molecule has 1 aromatic rings. The molecule has 4 nitrogen and oxygen atoms in total.